The van der Waals surface area contributed by atoms with Crippen molar-refractivity contribution in [1.82, 2.24) is 9.13 Å². The summed E-state index contributed by atoms with van der Waals surface area (Å²) in [6, 6.07) is 66.9. The van der Waals surface area contributed by atoms with Gasteiger partial charge in [0.05, 0.1) is 22.1 Å². The number of hydrogen-bond donors (Lipinski definition) is 0. The molecule has 2 nitrogen and oxygen atoms in total. The molecule has 0 radical (unpaired) electrons. The van der Waals surface area contributed by atoms with E-state index < -0.39 is 0 Å². The van der Waals surface area contributed by atoms with Crippen LogP contribution in [0.15, 0.2) is 182 Å². The van der Waals surface area contributed by atoms with Crippen molar-refractivity contribution in [2.24, 2.45) is 0 Å². The summed E-state index contributed by atoms with van der Waals surface area (Å²) < 4.78 is 4.88. The minimum atomic E-state index is -0.0229. The normalized spacial score (nSPS) is 13.2. The second-order valence-electron chi connectivity index (χ2n) is 14.9. The van der Waals surface area contributed by atoms with Crippen LogP contribution in [0, 0.1) is 0 Å². The molecule has 0 saturated carbocycles. The molecule has 0 aliphatic heterocycles. The van der Waals surface area contributed by atoms with E-state index in [1.54, 1.807) is 0 Å². The molecule has 0 atom stereocenters. The molecule has 2 heterocycles. The van der Waals surface area contributed by atoms with Gasteiger partial charge in [0.15, 0.2) is 0 Å². The highest BCUT2D eigenvalue weighted by atomic mass is 15.0. The van der Waals surface area contributed by atoms with Crippen LogP contribution >= 0.6 is 0 Å². The largest absolute Gasteiger partial charge is 0.309 e. The number of para-hydroxylation sites is 2. The van der Waals surface area contributed by atoms with Crippen molar-refractivity contribution in [2.45, 2.75) is 19.3 Å². The Labute approximate surface area is 308 Å². The van der Waals surface area contributed by atoms with Gasteiger partial charge in [-0.2, -0.15) is 0 Å². The van der Waals surface area contributed by atoms with Crippen LogP contribution in [0.25, 0.3) is 88.4 Å². The van der Waals surface area contributed by atoms with Crippen molar-refractivity contribution in [3.05, 3.63) is 193 Å². The van der Waals surface area contributed by atoms with Crippen LogP contribution in [0.4, 0.5) is 0 Å². The fraction of sp³-hybridized carbons (Fsp3) is 0.0588. The van der Waals surface area contributed by atoms with Gasteiger partial charge in [-0.25, -0.2) is 0 Å². The van der Waals surface area contributed by atoms with Gasteiger partial charge in [-0.3, -0.25) is 0 Å². The van der Waals surface area contributed by atoms with Crippen molar-refractivity contribution < 1.29 is 0 Å². The summed E-state index contributed by atoms with van der Waals surface area (Å²) in [6.45, 7) is 4.70. The lowest BCUT2D eigenvalue weighted by molar-refractivity contribution is 0.660. The van der Waals surface area contributed by atoms with Crippen LogP contribution in [-0.4, -0.2) is 9.13 Å². The lowest BCUT2D eigenvalue weighted by Gasteiger charge is -2.21. The molecule has 0 saturated heterocycles. The predicted molar refractivity (Wildman–Crippen MR) is 224 cm³/mol. The molecule has 1 aliphatic carbocycles. The zero-order valence-corrected chi connectivity index (χ0v) is 29.7. The zero-order valence-electron chi connectivity index (χ0n) is 29.7. The van der Waals surface area contributed by atoms with Crippen molar-refractivity contribution in [3.8, 4) is 44.8 Å². The van der Waals surface area contributed by atoms with Gasteiger partial charge in [0.1, 0.15) is 0 Å². The van der Waals surface area contributed by atoms with Gasteiger partial charge in [-0.15, -0.1) is 0 Å². The zero-order chi connectivity index (χ0) is 35.3. The number of hydrogen-bond acceptors (Lipinski definition) is 0. The average Bonchev–Trinajstić information content (AvgIpc) is 3.82. The van der Waals surface area contributed by atoms with Gasteiger partial charge in [0.25, 0.3) is 0 Å². The third-order valence-corrected chi connectivity index (χ3v) is 11.7. The standard InChI is InChI=1S/C51H36N2/c1-51(2)42-19-9-6-15-39(42)48-38(18-12-20-43(48)51)35-25-29-37(30-26-35)53-45-22-11-8-17-41(45)50-47(53)32-31-46-49(50)40-16-7-10-21-44(40)52(46)36-27-23-34(24-28-36)33-13-4-3-5-14-33/h3-32H,1-2H3. The first-order chi connectivity index (χ1) is 26.1. The molecule has 10 aromatic rings. The summed E-state index contributed by atoms with van der Waals surface area (Å²) >= 11 is 0. The lowest BCUT2D eigenvalue weighted by Crippen LogP contribution is -2.14. The van der Waals surface area contributed by atoms with E-state index in [9.17, 15) is 0 Å². The molecule has 0 bridgehead atoms. The molecule has 2 heteroatoms. The van der Waals surface area contributed by atoms with E-state index in [4.69, 9.17) is 0 Å². The molecule has 0 amide bonds. The van der Waals surface area contributed by atoms with Crippen molar-refractivity contribution in [2.75, 3.05) is 0 Å². The van der Waals surface area contributed by atoms with Crippen molar-refractivity contribution in [3.63, 3.8) is 0 Å². The minimum absolute atomic E-state index is 0.0229. The van der Waals surface area contributed by atoms with Gasteiger partial charge in [-0.05, 0) is 93.0 Å². The molecule has 0 N–H and O–H groups in total. The highest BCUT2D eigenvalue weighted by Gasteiger charge is 2.36. The fourth-order valence-corrected chi connectivity index (χ4v) is 9.29. The smallest absolute Gasteiger partial charge is 0.0548 e. The van der Waals surface area contributed by atoms with E-state index in [-0.39, 0.29) is 5.41 Å². The highest BCUT2D eigenvalue weighted by molar-refractivity contribution is 6.28. The van der Waals surface area contributed by atoms with E-state index in [1.807, 2.05) is 0 Å². The Morgan fingerprint density at radius 2 is 0.811 bits per heavy atom. The molecule has 11 rings (SSSR count). The van der Waals surface area contributed by atoms with Crippen LogP contribution in [0.2, 0.25) is 0 Å². The second kappa shape index (κ2) is 11.2. The summed E-state index contributed by atoms with van der Waals surface area (Å²) in [5, 5.41) is 5.11. The number of benzene rings is 8. The maximum absolute atomic E-state index is 2.45. The molecular formula is C51H36N2. The van der Waals surface area contributed by atoms with E-state index in [1.165, 1.54) is 88.1 Å². The second-order valence-corrected chi connectivity index (χ2v) is 14.9. The topological polar surface area (TPSA) is 9.86 Å². The van der Waals surface area contributed by atoms with Gasteiger partial charge in [0, 0.05) is 38.3 Å². The average molecular weight is 677 g/mol. The van der Waals surface area contributed by atoms with Gasteiger partial charge in [0.2, 0.25) is 0 Å². The quantitative estimate of drug-likeness (QED) is 0.176. The Balaban J connectivity index is 1.09. The molecule has 0 unspecified atom stereocenters. The van der Waals surface area contributed by atoms with Gasteiger partial charge < -0.3 is 9.13 Å². The molecule has 2 aromatic heterocycles. The lowest BCUT2D eigenvalue weighted by atomic mass is 9.82. The Morgan fingerprint density at radius 1 is 0.340 bits per heavy atom. The number of fused-ring (bicyclic) bond motifs is 10. The molecule has 8 aromatic carbocycles. The molecule has 1 aliphatic rings. The first-order valence-corrected chi connectivity index (χ1v) is 18.5. The highest BCUT2D eigenvalue weighted by Crippen LogP contribution is 2.52. The Hall–Kier alpha value is -6.64. The van der Waals surface area contributed by atoms with Crippen LogP contribution < -0.4 is 0 Å². The van der Waals surface area contributed by atoms with Crippen molar-refractivity contribution in [1.29, 1.82) is 0 Å². The first kappa shape index (κ1) is 30.0. The Morgan fingerprint density at radius 3 is 1.43 bits per heavy atom. The summed E-state index contributed by atoms with van der Waals surface area (Å²) in [4.78, 5) is 0. The summed E-state index contributed by atoms with van der Waals surface area (Å²) in [7, 11) is 0. The molecule has 0 fully saturated rings. The third kappa shape index (κ3) is 4.27. The fourth-order valence-electron chi connectivity index (χ4n) is 9.29. The number of aromatic nitrogens is 2. The Kier molecular flexibility index (Phi) is 6.33. The summed E-state index contributed by atoms with van der Waals surface area (Å²) in [5.41, 5.74) is 17.6. The van der Waals surface area contributed by atoms with E-state index >= 15 is 0 Å². The maximum Gasteiger partial charge on any atom is 0.0548 e. The minimum Gasteiger partial charge on any atom is -0.309 e. The van der Waals surface area contributed by atoms with Crippen LogP contribution in [0.3, 0.4) is 0 Å². The van der Waals surface area contributed by atoms with Crippen molar-refractivity contribution >= 4 is 43.6 Å². The maximum atomic E-state index is 2.45. The molecule has 250 valence electrons. The van der Waals surface area contributed by atoms with Crippen LogP contribution in [-0.2, 0) is 5.41 Å². The first-order valence-electron chi connectivity index (χ1n) is 18.5. The molecular weight excluding hydrogens is 641 g/mol. The number of rotatable bonds is 4. The van der Waals surface area contributed by atoms with Gasteiger partial charge in [-0.1, -0.05) is 147 Å². The summed E-state index contributed by atoms with van der Waals surface area (Å²) in [6.07, 6.45) is 0. The van der Waals surface area contributed by atoms with E-state index in [2.05, 4.69) is 205 Å². The summed E-state index contributed by atoms with van der Waals surface area (Å²) in [5.74, 6) is 0. The van der Waals surface area contributed by atoms with Crippen LogP contribution in [0.1, 0.15) is 25.0 Å². The van der Waals surface area contributed by atoms with Crippen LogP contribution in [0.5, 0.6) is 0 Å². The monoisotopic (exact) mass is 676 g/mol. The van der Waals surface area contributed by atoms with E-state index in [0.29, 0.717) is 0 Å². The predicted octanol–water partition coefficient (Wildman–Crippen LogP) is 13.5. The molecule has 53 heavy (non-hydrogen) atoms. The number of nitrogens with zero attached hydrogens (tertiary/aromatic N) is 2. The SMILES string of the molecule is CC1(C)c2ccccc2-c2c(-c3ccc(-n4c5ccccc5c5c6c7ccccc7n(-c7ccc(-c8ccccc8)cc7)c6ccc54)cc3)cccc21. The third-order valence-electron chi connectivity index (χ3n) is 11.7. The van der Waals surface area contributed by atoms with E-state index in [0.717, 1.165) is 11.4 Å². The molecule has 0 spiro atoms. The Bertz CT molecular complexity index is 3050. The van der Waals surface area contributed by atoms with Gasteiger partial charge >= 0.3 is 0 Å².